The Bertz CT molecular complexity index is 1230. The fraction of sp³-hybridized carbons (Fsp3) is 0.304. The number of benzene rings is 2. The van der Waals surface area contributed by atoms with E-state index in [1.807, 2.05) is 31.2 Å². The number of ether oxygens (including phenoxy) is 2. The number of aryl methyl sites for hydroxylation is 2. The summed E-state index contributed by atoms with van der Waals surface area (Å²) in [4.78, 5) is 16.9. The first-order valence-corrected chi connectivity index (χ1v) is 12.0. The number of aromatic nitrogens is 1. The number of carbonyl (C=O) groups excluding carboxylic acids is 1. The average Bonchev–Trinajstić information content (AvgIpc) is 3.07. The highest BCUT2D eigenvalue weighted by Crippen LogP contribution is 2.33. The van der Waals surface area contributed by atoms with Crippen LogP contribution in [0.5, 0.6) is 11.5 Å². The van der Waals surface area contributed by atoms with Crippen LogP contribution in [0.2, 0.25) is 5.02 Å². The van der Waals surface area contributed by atoms with E-state index in [2.05, 4.69) is 4.98 Å². The molecule has 9 heteroatoms. The van der Waals surface area contributed by atoms with E-state index in [1.54, 1.807) is 19.1 Å². The van der Waals surface area contributed by atoms with Gasteiger partial charge in [0.25, 0.3) is 0 Å². The molecule has 0 spiro atoms. The van der Waals surface area contributed by atoms with Crippen molar-refractivity contribution in [3.63, 3.8) is 0 Å². The molecule has 0 saturated heterocycles. The first-order valence-electron chi connectivity index (χ1n) is 9.77. The number of nitrogens with zero attached hydrogens (tertiary/aromatic N) is 1. The molecule has 0 amide bonds. The summed E-state index contributed by atoms with van der Waals surface area (Å²) in [6, 6.07) is 10.7. The van der Waals surface area contributed by atoms with Gasteiger partial charge in [-0.3, -0.25) is 4.79 Å². The largest absolute Gasteiger partial charge is 0.496 e. The Kier molecular flexibility index (Phi) is 7.26. The molecular weight excluding hydrogens is 454 g/mol. The summed E-state index contributed by atoms with van der Waals surface area (Å²) in [7, 11) is -0.848. The zero-order valence-corrected chi connectivity index (χ0v) is 19.8. The number of halogens is 1. The van der Waals surface area contributed by atoms with Crippen LogP contribution in [0.1, 0.15) is 22.6 Å². The molecule has 7 nitrogen and oxygen atoms in total. The lowest BCUT2D eigenvalue weighted by Gasteiger charge is -2.11. The van der Waals surface area contributed by atoms with E-state index in [-0.39, 0.29) is 12.2 Å². The van der Waals surface area contributed by atoms with Crippen molar-refractivity contribution in [2.75, 3.05) is 20.0 Å². The lowest BCUT2D eigenvalue weighted by molar-refractivity contribution is -0.116. The van der Waals surface area contributed by atoms with Crippen molar-refractivity contribution in [3.8, 4) is 23.0 Å². The Morgan fingerprint density at radius 2 is 1.72 bits per heavy atom. The summed E-state index contributed by atoms with van der Waals surface area (Å²) in [6.45, 7) is 3.62. The standard InChI is InChI=1S/C23H24ClNO6S/c1-14-5-7-16(8-6-14)23-25-20(15(2)31-23)13-32(27,28)12-18(26)9-17-10-19(24)22(30-4)11-21(17)29-3/h5-8,10-11H,9,12-13H2,1-4H3. The molecule has 0 unspecified atom stereocenters. The number of rotatable bonds is 9. The van der Waals surface area contributed by atoms with Crippen LogP contribution < -0.4 is 9.47 Å². The summed E-state index contributed by atoms with van der Waals surface area (Å²) in [5.41, 5.74) is 2.62. The normalized spacial score (nSPS) is 11.4. The maximum Gasteiger partial charge on any atom is 0.226 e. The summed E-state index contributed by atoms with van der Waals surface area (Å²) < 4.78 is 41.4. The van der Waals surface area contributed by atoms with Gasteiger partial charge in [0.05, 0.1) is 30.7 Å². The van der Waals surface area contributed by atoms with E-state index in [9.17, 15) is 13.2 Å². The number of Topliss-reactive ketones (excluding diaryl/α,β-unsaturated/α-hetero) is 1. The molecule has 0 aliphatic carbocycles. The number of carbonyl (C=O) groups is 1. The monoisotopic (exact) mass is 477 g/mol. The van der Waals surface area contributed by atoms with E-state index in [0.717, 1.165) is 11.1 Å². The fourth-order valence-electron chi connectivity index (χ4n) is 3.21. The van der Waals surface area contributed by atoms with Crippen molar-refractivity contribution in [1.82, 2.24) is 4.98 Å². The van der Waals surface area contributed by atoms with E-state index in [0.29, 0.717) is 39.4 Å². The second-order valence-corrected chi connectivity index (χ2v) is 9.91. The van der Waals surface area contributed by atoms with Gasteiger partial charge in [0, 0.05) is 23.6 Å². The molecule has 0 atom stereocenters. The Hall–Kier alpha value is -2.84. The maximum atomic E-state index is 12.7. The maximum absolute atomic E-state index is 12.7. The highest BCUT2D eigenvalue weighted by molar-refractivity contribution is 7.91. The van der Waals surface area contributed by atoms with Gasteiger partial charge in [-0.15, -0.1) is 0 Å². The number of ketones is 1. The average molecular weight is 478 g/mol. The van der Waals surface area contributed by atoms with Gasteiger partial charge in [0.2, 0.25) is 5.89 Å². The third-order valence-corrected chi connectivity index (χ3v) is 6.64. The van der Waals surface area contributed by atoms with E-state index in [4.69, 9.17) is 25.5 Å². The van der Waals surface area contributed by atoms with Gasteiger partial charge in [0.15, 0.2) is 15.6 Å². The molecule has 32 heavy (non-hydrogen) atoms. The summed E-state index contributed by atoms with van der Waals surface area (Å²) >= 11 is 6.13. The second-order valence-electron chi connectivity index (χ2n) is 7.43. The third-order valence-electron chi connectivity index (χ3n) is 4.87. The molecule has 0 aliphatic rings. The number of hydrogen-bond donors (Lipinski definition) is 0. The lowest BCUT2D eigenvalue weighted by atomic mass is 10.1. The van der Waals surface area contributed by atoms with Crippen molar-refractivity contribution in [3.05, 3.63) is 64.0 Å². The number of sulfone groups is 1. The van der Waals surface area contributed by atoms with E-state index >= 15 is 0 Å². The van der Waals surface area contributed by atoms with Crippen LogP contribution in [0.25, 0.3) is 11.5 Å². The molecule has 0 fully saturated rings. The van der Waals surface area contributed by atoms with Crippen LogP contribution in [-0.4, -0.2) is 39.2 Å². The molecule has 0 saturated carbocycles. The van der Waals surface area contributed by atoms with Gasteiger partial charge in [-0.2, -0.15) is 0 Å². The van der Waals surface area contributed by atoms with Crippen LogP contribution >= 0.6 is 11.6 Å². The predicted molar refractivity (Wildman–Crippen MR) is 122 cm³/mol. The van der Waals surface area contributed by atoms with Crippen molar-refractivity contribution >= 4 is 27.2 Å². The molecule has 0 bridgehead atoms. The van der Waals surface area contributed by atoms with Gasteiger partial charge in [0.1, 0.15) is 23.0 Å². The van der Waals surface area contributed by atoms with Gasteiger partial charge in [-0.25, -0.2) is 13.4 Å². The molecule has 3 aromatic rings. The Morgan fingerprint density at radius 1 is 1.06 bits per heavy atom. The molecule has 170 valence electrons. The van der Waals surface area contributed by atoms with Crippen molar-refractivity contribution < 1.29 is 27.1 Å². The lowest BCUT2D eigenvalue weighted by Crippen LogP contribution is -2.20. The summed E-state index contributed by atoms with van der Waals surface area (Å²) in [5.74, 6) is 0.0402. The minimum absolute atomic E-state index is 0.140. The third kappa shape index (κ3) is 5.69. The van der Waals surface area contributed by atoms with Gasteiger partial charge >= 0.3 is 0 Å². The van der Waals surface area contributed by atoms with Gasteiger partial charge in [-0.1, -0.05) is 29.3 Å². The molecule has 0 radical (unpaired) electrons. The summed E-state index contributed by atoms with van der Waals surface area (Å²) in [5, 5.41) is 0.306. The van der Waals surface area contributed by atoms with Gasteiger partial charge in [-0.05, 0) is 32.0 Å². The van der Waals surface area contributed by atoms with Crippen molar-refractivity contribution in [1.29, 1.82) is 0 Å². The first-order chi connectivity index (χ1) is 15.1. The van der Waals surface area contributed by atoms with Crippen LogP contribution in [0, 0.1) is 13.8 Å². The van der Waals surface area contributed by atoms with E-state index < -0.39 is 21.4 Å². The minimum atomic E-state index is -3.77. The number of methoxy groups -OCH3 is 2. The molecule has 3 rings (SSSR count). The van der Waals surface area contributed by atoms with E-state index in [1.165, 1.54) is 14.2 Å². The SMILES string of the molecule is COc1cc(OC)c(CC(=O)CS(=O)(=O)Cc2nc(-c3ccc(C)cc3)oc2C)cc1Cl. The zero-order valence-electron chi connectivity index (χ0n) is 18.3. The molecule has 2 aromatic carbocycles. The topological polar surface area (TPSA) is 95.7 Å². The molecule has 0 N–H and O–H groups in total. The Morgan fingerprint density at radius 3 is 2.34 bits per heavy atom. The van der Waals surface area contributed by atoms with Crippen LogP contribution in [0.15, 0.2) is 40.8 Å². The highest BCUT2D eigenvalue weighted by atomic mass is 35.5. The second kappa shape index (κ2) is 9.75. The number of hydrogen-bond acceptors (Lipinski definition) is 7. The van der Waals surface area contributed by atoms with Crippen LogP contribution in [0.3, 0.4) is 0 Å². The first kappa shape index (κ1) is 23.8. The smallest absolute Gasteiger partial charge is 0.226 e. The summed E-state index contributed by atoms with van der Waals surface area (Å²) in [6.07, 6.45) is -0.140. The zero-order chi connectivity index (χ0) is 23.5. The van der Waals surface area contributed by atoms with Gasteiger partial charge < -0.3 is 13.9 Å². The molecule has 0 aliphatic heterocycles. The Labute approximate surface area is 192 Å². The highest BCUT2D eigenvalue weighted by Gasteiger charge is 2.23. The molecule has 1 aromatic heterocycles. The quantitative estimate of drug-likeness (QED) is 0.452. The molecular formula is C23H24ClNO6S. The van der Waals surface area contributed by atoms with Crippen molar-refractivity contribution in [2.45, 2.75) is 26.0 Å². The Balaban J connectivity index is 1.73. The fourth-order valence-corrected chi connectivity index (χ4v) is 4.85. The van der Waals surface area contributed by atoms with Crippen LogP contribution in [0.4, 0.5) is 0 Å². The minimum Gasteiger partial charge on any atom is -0.496 e. The molecule has 1 heterocycles. The van der Waals surface area contributed by atoms with Crippen molar-refractivity contribution in [2.24, 2.45) is 0 Å². The number of oxazole rings is 1. The predicted octanol–water partition coefficient (Wildman–Crippen LogP) is 4.36. The van der Waals surface area contributed by atoms with Crippen LogP contribution in [-0.2, 0) is 26.8 Å².